The van der Waals surface area contributed by atoms with Crippen LogP contribution in [0.15, 0.2) is 42.6 Å². The van der Waals surface area contributed by atoms with E-state index in [1.165, 1.54) is 22.3 Å². The molecule has 2 aromatic heterocycles. The molecule has 4 rings (SSSR count). The Morgan fingerprint density at radius 3 is 2.70 bits per heavy atom. The Hall–Kier alpha value is -3.14. The highest BCUT2D eigenvalue weighted by Crippen LogP contribution is 2.36. The number of halogens is 3. The van der Waals surface area contributed by atoms with Crippen molar-refractivity contribution in [2.75, 3.05) is 35.3 Å². The van der Waals surface area contributed by atoms with Crippen molar-refractivity contribution in [2.45, 2.75) is 13.1 Å². The molecule has 156 valence electrons. The number of carbonyl (C=O) groups excluding carboxylic acids is 1. The molecule has 3 heterocycles. The van der Waals surface area contributed by atoms with Crippen LogP contribution in [0.1, 0.15) is 10.4 Å². The summed E-state index contributed by atoms with van der Waals surface area (Å²) in [7, 11) is 1.88. The molecular weight excluding hydrogens is 415 g/mol. The van der Waals surface area contributed by atoms with E-state index in [1.807, 2.05) is 18.9 Å². The molecule has 1 aromatic carbocycles. The maximum absolute atomic E-state index is 13.1. The second-order valence-corrected chi connectivity index (χ2v) is 8.13. The minimum absolute atomic E-state index is 0.330. The highest BCUT2D eigenvalue weighted by molar-refractivity contribution is 7.15. The number of hydrogen-bond donors (Lipinski definition) is 1. The predicted molar refractivity (Wildman–Crippen MR) is 111 cm³/mol. The summed E-state index contributed by atoms with van der Waals surface area (Å²) in [5.74, 6) is 0.393. The van der Waals surface area contributed by atoms with Crippen LogP contribution < -0.4 is 15.1 Å². The van der Waals surface area contributed by atoms with Crippen molar-refractivity contribution >= 4 is 34.0 Å². The van der Waals surface area contributed by atoms with E-state index in [0.29, 0.717) is 35.3 Å². The number of amides is 2. The second kappa shape index (κ2) is 7.60. The van der Waals surface area contributed by atoms with Gasteiger partial charge in [-0.1, -0.05) is 12.1 Å². The number of urea groups is 1. The lowest BCUT2D eigenvalue weighted by Gasteiger charge is -2.34. The van der Waals surface area contributed by atoms with Crippen LogP contribution in [0.25, 0.3) is 11.3 Å². The number of carbonyl (C=O) groups is 1. The van der Waals surface area contributed by atoms with Gasteiger partial charge in [-0.25, -0.2) is 14.8 Å². The molecule has 1 aliphatic rings. The van der Waals surface area contributed by atoms with Crippen LogP contribution in [0.3, 0.4) is 0 Å². The zero-order valence-electron chi connectivity index (χ0n) is 16.2. The molecular formula is C20H18F3N5OS. The number of likely N-dealkylation sites (N-methyl/N-ethyl adjacent to an activating group) is 1. The van der Waals surface area contributed by atoms with E-state index in [0.717, 1.165) is 22.7 Å². The maximum Gasteiger partial charge on any atom is 0.416 e. The van der Waals surface area contributed by atoms with Crippen molar-refractivity contribution in [3.63, 3.8) is 0 Å². The molecule has 3 aromatic rings. The minimum Gasteiger partial charge on any atom is -0.370 e. The average Bonchev–Trinajstić information content (AvgIpc) is 3.12. The Labute approximate surface area is 175 Å². The van der Waals surface area contributed by atoms with Crippen molar-refractivity contribution in [1.82, 2.24) is 9.97 Å². The number of aromatic nitrogens is 2. The molecule has 30 heavy (non-hydrogen) atoms. The molecule has 0 radical (unpaired) electrons. The van der Waals surface area contributed by atoms with Crippen LogP contribution in [-0.4, -0.2) is 36.1 Å². The number of benzene rings is 1. The number of alkyl halides is 3. The summed E-state index contributed by atoms with van der Waals surface area (Å²) >= 11 is 1.36. The Morgan fingerprint density at radius 1 is 1.20 bits per heavy atom. The van der Waals surface area contributed by atoms with Crippen molar-refractivity contribution < 1.29 is 18.0 Å². The summed E-state index contributed by atoms with van der Waals surface area (Å²) in [6.45, 7) is 2.88. The maximum atomic E-state index is 13.1. The first-order valence-corrected chi connectivity index (χ1v) is 9.95. The Balaban J connectivity index is 1.69. The summed E-state index contributed by atoms with van der Waals surface area (Å²) < 4.78 is 39.3. The lowest BCUT2D eigenvalue weighted by molar-refractivity contribution is -0.137. The van der Waals surface area contributed by atoms with Gasteiger partial charge in [0, 0.05) is 36.8 Å². The van der Waals surface area contributed by atoms with Gasteiger partial charge in [-0.2, -0.15) is 13.2 Å². The van der Waals surface area contributed by atoms with Gasteiger partial charge in [-0.05, 0) is 31.2 Å². The zero-order valence-corrected chi connectivity index (χ0v) is 17.0. The van der Waals surface area contributed by atoms with Gasteiger partial charge in [0.25, 0.3) is 0 Å². The lowest BCUT2D eigenvalue weighted by atomic mass is 10.1. The number of hydrogen-bond acceptors (Lipinski definition) is 5. The van der Waals surface area contributed by atoms with Crippen molar-refractivity contribution in [1.29, 1.82) is 0 Å². The van der Waals surface area contributed by atoms with Gasteiger partial charge in [-0.3, -0.25) is 10.2 Å². The van der Waals surface area contributed by atoms with Gasteiger partial charge >= 0.3 is 12.2 Å². The van der Waals surface area contributed by atoms with Crippen molar-refractivity contribution in [3.05, 3.63) is 53.0 Å². The fourth-order valence-corrected chi connectivity index (χ4v) is 3.85. The van der Waals surface area contributed by atoms with Gasteiger partial charge in [0.1, 0.15) is 0 Å². The number of anilines is 3. The van der Waals surface area contributed by atoms with Crippen LogP contribution in [0.4, 0.5) is 34.6 Å². The van der Waals surface area contributed by atoms with E-state index in [4.69, 9.17) is 0 Å². The molecule has 0 aliphatic carbocycles. The van der Waals surface area contributed by atoms with E-state index in [1.54, 1.807) is 24.4 Å². The minimum atomic E-state index is -4.44. The number of rotatable bonds is 2. The van der Waals surface area contributed by atoms with Gasteiger partial charge in [0.2, 0.25) is 0 Å². The highest BCUT2D eigenvalue weighted by Gasteiger charge is 2.31. The quantitative estimate of drug-likeness (QED) is 0.617. The first-order chi connectivity index (χ1) is 14.2. The smallest absolute Gasteiger partial charge is 0.370 e. The fraction of sp³-hybridized carbons (Fsp3) is 0.250. The highest BCUT2D eigenvalue weighted by atomic mass is 32.1. The molecule has 10 heteroatoms. The molecule has 0 saturated carbocycles. The SMILES string of the molecule is Cc1cnc(NC(=O)N2CCN(C)c3ccc(-c4cccc(C(F)(F)F)c4)nc32)s1. The van der Waals surface area contributed by atoms with Crippen molar-refractivity contribution in [3.8, 4) is 11.3 Å². The fourth-order valence-electron chi connectivity index (χ4n) is 3.20. The lowest BCUT2D eigenvalue weighted by Crippen LogP contribution is -2.45. The van der Waals surface area contributed by atoms with E-state index in [2.05, 4.69) is 15.3 Å². The van der Waals surface area contributed by atoms with Gasteiger partial charge in [0.05, 0.1) is 16.9 Å². The first kappa shape index (κ1) is 20.1. The van der Waals surface area contributed by atoms with Crippen LogP contribution in [-0.2, 0) is 6.18 Å². The van der Waals surface area contributed by atoms with Crippen LogP contribution in [0.5, 0.6) is 0 Å². The molecule has 0 unspecified atom stereocenters. The number of nitrogens with one attached hydrogen (secondary N) is 1. The normalized spacial score (nSPS) is 13.9. The molecule has 2 amide bonds. The number of fused-ring (bicyclic) bond motifs is 1. The molecule has 1 N–H and O–H groups in total. The molecule has 0 saturated heterocycles. The number of thiazole rings is 1. The monoisotopic (exact) mass is 433 g/mol. The van der Waals surface area contributed by atoms with Gasteiger partial charge < -0.3 is 4.90 Å². The summed E-state index contributed by atoms with van der Waals surface area (Å²) in [5.41, 5.74) is 0.669. The summed E-state index contributed by atoms with van der Waals surface area (Å²) in [6, 6.07) is 8.05. The number of aryl methyl sites for hydroxylation is 1. The summed E-state index contributed by atoms with van der Waals surface area (Å²) in [5, 5.41) is 3.24. The van der Waals surface area contributed by atoms with Crippen LogP contribution in [0, 0.1) is 6.92 Å². The van der Waals surface area contributed by atoms with Crippen LogP contribution in [0.2, 0.25) is 0 Å². The second-order valence-electron chi connectivity index (χ2n) is 6.90. The Morgan fingerprint density at radius 2 is 2.00 bits per heavy atom. The summed E-state index contributed by atoms with van der Waals surface area (Å²) in [6.07, 6.45) is -2.77. The average molecular weight is 433 g/mol. The van der Waals surface area contributed by atoms with Gasteiger partial charge in [-0.15, -0.1) is 11.3 Å². The van der Waals surface area contributed by atoms with E-state index >= 15 is 0 Å². The third kappa shape index (κ3) is 3.95. The molecule has 0 atom stereocenters. The third-order valence-corrected chi connectivity index (χ3v) is 5.57. The Kier molecular flexibility index (Phi) is 5.10. The standard InChI is InChI=1S/C20H18F3N5OS/c1-12-11-24-18(30-12)26-19(29)28-9-8-27(2)16-7-6-15(25-17(16)28)13-4-3-5-14(10-13)20(21,22)23/h3-7,10-11H,8-9H2,1-2H3,(H,24,26,29). The number of nitrogens with zero attached hydrogens (tertiary/aromatic N) is 4. The zero-order chi connectivity index (χ0) is 21.5. The van der Waals surface area contributed by atoms with E-state index < -0.39 is 11.7 Å². The molecule has 0 bridgehead atoms. The molecule has 1 aliphatic heterocycles. The molecule has 0 fully saturated rings. The topological polar surface area (TPSA) is 61.4 Å². The van der Waals surface area contributed by atoms with E-state index in [9.17, 15) is 18.0 Å². The van der Waals surface area contributed by atoms with Crippen molar-refractivity contribution in [2.24, 2.45) is 0 Å². The largest absolute Gasteiger partial charge is 0.416 e. The van der Waals surface area contributed by atoms with E-state index in [-0.39, 0.29) is 6.03 Å². The first-order valence-electron chi connectivity index (χ1n) is 9.13. The Bertz CT molecular complexity index is 1100. The predicted octanol–water partition coefficient (Wildman–Crippen LogP) is 5.02. The summed E-state index contributed by atoms with van der Waals surface area (Å²) in [4.78, 5) is 26.0. The third-order valence-electron chi connectivity index (χ3n) is 4.75. The van der Waals surface area contributed by atoms with Crippen LogP contribution >= 0.6 is 11.3 Å². The van der Waals surface area contributed by atoms with Gasteiger partial charge in [0.15, 0.2) is 10.9 Å². The molecule has 0 spiro atoms. The number of pyridine rings is 1. The molecule has 6 nitrogen and oxygen atoms in total.